The van der Waals surface area contributed by atoms with Crippen LogP contribution in [-0.4, -0.2) is 16.8 Å². The summed E-state index contributed by atoms with van der Waals surface area (Å²) in [5, 5.41) is 13.5. The topological polar surface area (TPSA) is 66.4 Å². The molecule has 0 spiro atoms. The lowest BCUT2D eigenvalue weighted by Crippen LogP contribution is -2.36. The van der Waals surface area contributed by atoms with E-state index in [2.05, 4.69) is 5.32 Å². The second kappa shape index (κ2) is 5.39. The zero-order valence-electron chi connectivity index (χ0n) is 12.3. The summed E-state index contributed by atoms with van der Waals surface area (Å²) in [6.45, 7) is 2.00. The predicted molar refractivity (Wildman–Crippen MR) is 83.7 cm³/mol. The zero-order valence-corrected chi connectivity index (χ0v) is 12.3. The first-order chi connectivity index (χ1) is 10.5. The predicted octanol–water partition coefficient (Wildman–Crippen LogP) is 2.66. The molecule has 2 aromatic rings. The molecule has 2 aromatic carbocycles. The standard InChI is InChI=1S/C18H17NO3/c1-2-12-8-9-15-14(10-12)18(22,17(21)19-15)11-16(20)13-6-4-3-5-7-13/h3-10,22H,2,11H2,1H3,(H,19,21)/t18-/m0/s1. The lowest BCUT2D eigenvalue weighted by Gasteiger charge is -2.20. The SMILES string of the molecule is CCc1ccc2c(c1)[C@@](O)(CC(=O)c1ccccc1)C(=O)N2. The molecule has 1 atom stereocenters. The summed E-state index contributed by atoms with van der Waals surface area (Å²) in [4.78, 5) is 24.6. The highest BCUT2D eigenvalue weighted by Crippen LogP contribution is 2.39. The number of rotatable bonds is 4. The molecule has 0 saturated carbocycles. The molecule has 112 valence electrons. The summed E-state index contributed by atoms with van der Waals surface area (Å²) in [5.74, 6) is -0.798. The van der Waals surface area contributed by atoms with Crippen molar-refractivity contribution in [3.05, 3.63) is 65.2 Å². The number of nitrogens with one attached hydrogen (secondary N) is 1. The molecule has 22 heavy (non-hydrogen) atoms. The quantitative estimate of drug-likeness (QED) is 0.852. The largest absolute Gasteiger partial charge is 0.375 e. The molecular formula is C18H17NO3. The zero-order chi connectivity index (χ0) is 15.7. The minimum absolute atomic E-state index is 0.256. The van der Waals surface area contributed by atoms with Crippen molar-refractivity contribution in [2.75, 3.05) is 5.32 Å². The monoisotopic (exact) mass is 295 g/mol. The summed E-state index contributed by atoms with van der Waals surface area (Å²) in [6, 6.07) is 14.2. The number of carbonyl (C=O) groups excluding carboxylic acids is 2. The first-order valence-corrected chi connectivity index (χ1v) is 7.30. The Balaban J connectivity index is 1.96. The van der Waals surface area contributed by atoms with E-state index in [1.807, 2.05) is 19.1 Å². The fourth-order valence-electron chi connectivity index (χ4n) is 2.74. The summed E-state index contributed by atoms with van der Waals surface area (Å²) in [7, 11) is 0. The van der Waals surface area contributed by atoms with Crippen molar-refractivity contribution in [3.63, 3.8) is 0 Å². The Morgan fingerprint density at radius 3 is 2.59 bits per heavy atom. The van der Waals surface area contributed by atoms with Gasteiger partial charge in [0.25, 0.3) is 5.91 Å². The maximum atomic E-state index is 12.4. The highest BCUT2D eigenvalue weighted by atomic mass is 16.3. The molecule has 3 rings (SSSR count). The molecule has 0 aliphatic carbocycles. The average molecular weight is 295 g/mol. The van der Waals surface area contributed by atoms with Gasteiger partial charge in [0.15, 0.2) is 11.4 Å². The summed E-state index contributed by atoms with van der Waals surface area (Å²) >= 11 is 0. The lowest BCUT2D eigenvalue weighted by atomic mass is 9.87. The third-order valence-corrected chi connectivity index (χ3v) is 4.07. The van der Waals surface area contributed by atoms with Crippen LogP contribution < -0.4 is 5.32 Å². The molecule has 0 fully saturated rings. The van der Waals surface area contributed by atoms with Gasteiger partial charge >= 0.3 is 0 Å². The van der Waals surface area contributed by atoms with Crippen LogP contribution in [-0.2, 0) is 16.8 Å². The summed E-state index contributed by atoms with van der Waals surface area (Å²) < 4.78 is 0. The molecular weight excluding hydrogens is 278 g/mol. The molecule has 0 aromatic heterocycles. The number of aryl methyl sites for hydroxylation is 1. The number of aliphatic hydroxyl groups is 1. The molecule has 4 heteroatoms. The van der Waals surface area contributed by atoms with Crippen LogP contribution in [0.1, 0.15) is 34.8 Å². The molecule has 1 amide bonds. The van der Waals surface area contributed by atoms with Crippen molar-refractivity contribution in [1.82, 2.24) is 0 Å². The number of carbonyl (C=O) groups is 2. The van der Waals surface area contributed by atoms with Gasteiger partial charge in [-0.2, -0.15) is 0 Å². The first kappa shape index (κ1) is 14.5. The van der Waals surface area contributed by atoms with Crippen LogP contribution in [0, 0.1) is 0 Å². The van der Waals surface area contributed by atoms with E-state index in [0.717, 1.165) is 12.0 Å². The van der Waals surface area contributed by atoms with E-state index >= 15 is 0 Å². The van der Waals surface area contributed by atoms with Crippen LogP contribution in [0.5, 0.6) is 0 Å². The number of hydrogen-bond donors (Lipinski definition) is 2. The summed E-state index contributed by atoms with van der Waals surface area (Å²) in [5.41, 5.74) is 0.768. The molecule has 1 heterocycles. The fraction of sp³-hybridized carbons (Fsp3) is 0.222. The first-order valence-electron chi connectivity index (χ1n) is 7.30. The molecule has 0 saturated heterocycles. The smallest absolute Gasteiger partial charge is 0.261 e. The fourth-order valence-corrected chi connectivity index (χ4v) is 2.74. The third kappa shape index (κ3) is 2.31. The van der Waals surface area contributed by atoms with E-state index in [-0.39, 0.29) is 12.2 Å². The van der Waals surface area contributed by atoms with Gasteiger partial charge in [-0.15, -0.1) is 0 Å². The number of benzene rings is 2. The summed E-state index contributed by atoms with van der Waals surface area (Å²) in [6.07, 6.45) is 0.535. The van der Waals surface area contributed by atoms with Gasteiger partial charge in [-0.05, 0) is 18.1 Å². The van der Waals surface area contributed by atoms with E-state index < -0.39 is 11.5 Å². The molecule has 0 bridgehead atoms. The van der Waals surface area contributed by atoms with Crippen molar-refractivity contribution in [2.45, 2.75) is 25.4 Å². The Morgan fingerprint density at radius 1 is 1.18 bits per heavy atom. The number of ketones is 1. The number of fused-ring (bicyclic) bond motifs is 1. The van der Waals surface area contributed by atoms with Crippen molar-refractivity contribution in [1.29, 1.82) is 0 Å². The second-order valence-corrected chi connectivity index (χ2v) is 5.51. The second-order valence-electron chi connectivity index (χ2n) is 5.51. The van der Waals surface area contributed by atoms with E-state index in [4.69, 9.17) is 0 Å². The van der Waals surface area contributed by atoms with Crippen molar-refractivity contribution in [2.24, 2.45) is 0 Å². The minimum Gasteiger partial charge on any atom is -0.375 e. The van der Waals surface area contributed by atoms with Gasteiger partial charge in [-0.3, -0.25) is 9.59 Å². The third-order valence-electron chi connectivity index (χ3n) is 4.07. The van der Waals surface area contributed by atoms with Gasteiger partial charge in [-0.25, -0.2) is 0 Å². The Bertz CT molecular complexity index is 739. The highest BCUT2D eigenvalue weighted by Gasteiger charge is 2.46. The van der Waals surface area contributed by atoms with Crippen molar-refractivity contribution >= 4 is 17.4 Å². The molecule has 0 radical (unpaired) electrons. The van der Waals surface area contributed by atoms with Crippen LogP contribution in [0.2, 0.25) is 0 Å². The number of anilines is 1. The van der Waals surface area contributed by atoms with Crippen molar-refractivity contribution < 1.29 is 14.7 Å². The number of hydrogen-bond acceptors (Lipinski definition) is 3. The van der Waals surface area contributed by atoms with Gasteiger partial charge in [0.1, 0.15) is 0 Å². The van der Waals surface area contributed by atoms with Crippen LogP contribution in [0.4, 0.5) is 5.69 Å². The Morgan fingerprint density at radius 2 is 1.91 bits per heavy atom. The molecule has 0 unspecified atom stereocenters. The Labute approximate surface area is 128 Å². The Hall–Kier alpha value is -2.46. The lowest BCUT2D eigenvalue weighted by molar-refractivity contribution is -0.133. The molecule has 2 N–H and O–H groups in total. The van der Waals surface area contributed by atoms with Crippen molar-refractivity contribution in [3.8, 4) is 0 Å². The average Bonchev–Trinajstić information content (AvgIpc) is 2.79. The van der Waals surface area contributed by atoms with Crippen LogP contribution in [0.3, 0.4) is 0 Å². The number of amides is 1. The maximum absolute atomic E-state index is 12.4. The molecule has 4 nitrogen and oxygen atoms in total. The van der Waals surface area contributed by atoms with Gasteiger partial charge in [0.05, 0.1) is 6.42 Å². The van der Waals surface area contributed by atoms with Gasteiger partial charge in [0.2, 0.25) is 0 Å². The van der Waals surface area contributed by atoms with E-state index in [9.17, 15) is 14.7 Å². The normalized spacial score (nSPS) is 19.6. The highest BCUT2D eigenvalue weighted by molar-refractivity contribution is 6.09. The van der Waals surface area contributed by atoms with Gasteiger partial charge < -0.3 is 10.4 Å². The van der Waals surface area contributed by atoms with E-state index in [1.54, 1.807) is 36.4 Å². The van der Waals surface area contributed by atoms with Gasteiger partial charge in [0, 0.05) is 16.8 Å². The molecule has 1 aliphatic rings. The minimum atomic E-state index is -1.80. The van der Waals surface area contributed by atoms with Gasteiger partial charge in [-0.1, -0.05) is 49.4 Å². The van der Waals surface area contributed by atoms with Crippen LogP contribution in [0.15, 0.2) is 48.5 Å². The van der Waals surface area contributed by atoms with E-state index in [0.29, 0.717) is 16.8 Å². The van der Waals surface area contributed by atoms with Crippen LogP contribution >= 0.6 is 0 Å². The maximum Gasteiger partial charge on any atom is 0.261 e. The van der Waals surface area contributed by atoms with E-state index in [1.165, 1.54) is 0 Å². The number of Topliss-reactive ketones (excluding diaryl/α,β-unsaturated/α-hetero) is 1. The Kier molecular flexibility index (Phi) is 3.54. The van der Waals surface area contributed by atoms with Crippen LogP contribution in [0.25, 0.3) is 0 Å². The molecule has 1 aliphatic heterocycles.